The van der Waals surface area contributed by atoms with E-state index in [1.807, 2.05) is 38.1 Å². The third-order valence-corrected chi connectivity index (χ3v) is 5.91. The van der Waals surface area contributed by atoms with Gasteiger partial charge >= 0.3 is 5.97 Å². The van der Waals surface area contributed by atoms with Crippen molar-refractivity contribution in [3.8, 4) is 11.4 Å². The maximum Gasteiger partial charge on any atom is 0.356 e. The molecule has 0 fully saturated rings. The van der Waals surface area contributed by atoms with Crippen molar-refractivity contribution >= 4 is 45.8 Å². The lowest BCUT2D eigenvalue weighted by molar-refractivity contribution is 0.0691. The molecule has 7 nitrogen and oxygen atoms in total. The molecule has 0 saturated heterocycles. The van der Waals surface area contributed by atoms with Gasteiger partial charge in [0.2, 0.25) is 0 Å². The summed E-state index contributed by atoms with van der Waals surface area (Å²) in [6.07, 6.45) is 0. The van der Waals surface area contributed by atoms with Gasteiger partial charge < -0.3 is 10.4 Å². The Labute approximate surface area is 199 Å². The highest BCUT2D eigenvalue weighted by Crippen LogP contribution is 2.31. The molecule has 33 heavy (non-hydrogen) atoms. The van der Waals surface area contributed by atoms with E-state index in [-0.39, 0.29) is 16.4 Å². The molecule has 2 N–H and O–H groups in total. The molecule has 0 amide bonds. The molecule has 0 unspecified atom stereocenters. The fourth-order valence-corrected chi connectivity index (χ4v) is 4.16. The summed E-state index contributed by atoms with van der Waals surface area (Å²) in [4.78, 5) is 33.6. The van der Waals surface area contributed by atoms with E-state index in [0.29, 0.717) is 33.0 Å². The van der Waals surface area contributed by atoms with Gasteiger partial charge in [-0.15, -0.1) is 0 Å². The van der Waals surface area contributed by atoms with E-state index in [2.05, 4.69) is 10.3 Å². The molecule has 168 valence electrons. The van der Waals surface area contributed by atoms with Gasteiger partial charge in [-0.25, -0.2) is 14.8 Å². The van der Waals surface area contributed by atoms with Gasteiger partial charge in [0.25, 0.3) is 5.56 Å². The normalized spacial score (nSPS) is 12.0. The van der Waals surface area contributed by atoms with Gasteiger partial charge in [-0.3, -0.25) is 9.36 Å². The SMILES string of the molecule is Cc1cc([C@@H](C)Nc2ccc(Cl)nc2C(=O)O)c2nc(-c3ccccc3Cl)n(C)c(=O)c2c1. The number of nitrogens with zero attached hydrogens (tertiary/aromatic N) is 3. The summed E-state index contributed by atoms with van der Waals surface area (Å²) >= 11 is 12.3. The second-order valence-electron chi connectivity index (χ2n) is 7.73. The monoisotopic (exact) mass is 482 g/mol. The zero-order chi connectivity index (χ0) is 23.9. The molecule has 0 spiro atoms. The molecule has 9 heteroatoms. The van der Waals surface area contributed by atoms with Gasteiger partial charge in [0.15, 0.2) is 5.69 Å². The van der Waals surface area contributed by atoms with Crippen molar-refractivity contribution in [3.63, 3.8) is 0 Å². The number of rotatable bonds is 5. The summed E-state index contributed by atoms with van der Waals surface area (Å²) < 4.78 is 1.48. The Bertz CT molecular complexity index is 1470. The Hall–Kier alpha value is -3.42. The molecule has 4 aromatic rings. The van der Waals surface area contributed by atoms with Crippen LogP contribution in [-0.2, 0) is 7.05 Å². The molecule has 4 rings (SSSR count). The van der Waals surface area contributed by atoms with Crippen molar-refractivity contribution in [2.24, 2.45) is 7.05 Å². The van der Waals surface area contributed by atoms with Crippen LogP contribution in [0.5, 0.6) is 0 Å². The minimum atomic E-state index is -1.20. The molecule has 1 atom stereocenters. The second kappa shape index (κ2) is 8.84. The predicted molar refractivity (Wildman–Crippen MR) is 130 cm³/mol. The van der Waals surface area contributed by atoms with Crippen LogP contribution in [0.4, 0.5) is 5.69 Å². The van der Waals surface area contributed by atoms with Crippen molar-refractivity contribution in [3.05, 3.63) is 85.9 Å². The first kappa shape index (κ1) is 22.8. The number of hydrogen-bond donors (Lipinski definition) is 2. The smallest absolute Gasteiger partial charge is 0.356 e. The lowest BCUT2D eigenvalue weighted by Crippen LogP contribution is -2.22. The van der Waals surface area contributed by atoms with Crippen molar-refractivity contribution in [2.45, 2.75) is 19.9 Å². The number of pyridine rings is 1. The van der Waals surface area contributed by atoms with Gasteiger partial charge in [-0.2, -0.15) is 0 Å². The van der Waals surface area contributed by atoms with Crippen molar-refractivity contribution in [2.75, 3.05) is 5.32 Å². The van der Waals surface area contributed by atoms with Crippen molar-refractivity contribution in [1.82, 2.24) is 14.5 Å². The summed E-state index contributed by atoms with van der Waals surface area (Å²) in [5, 5.41) is 13.7. The Balaban J connectivity index is 1.90. The molecule has 0 radical (unpaired) electrons. The van der Waals surface area contributed by atoms with Crippen molar-refractivity contribution < 1.29 is 9.90 Å². The number of hydrogen-bond acceptors (Lipinski definition) is 5. The van der Waals surface area contributed by atoms with Crippen LogP contribution in [0.3, 0.4) is 0 Å². The van der Waals surface area contributed by atoms with E-state index >= 15 is 0 Å². The van der Waals surface area contributed by atoms with Crippen LogP contribution in [0, 0.1) is 6.92 Å². The maximum atomic E-state index is 13.3. The highest BCUT2D eigenvalue weighted by Gasteiger charge is 2.20. The molecule has 0 saturated carbocycles. The average Bonchev–Trinajstić information content (AvgIpc) is 2.77. The van der Waals surface area contributed by atoms with E-state index in [4.69, 9.17) is 28.2 Å². The largest absolute Gasteiger partial charge is 0.476 e. The second-order valence-corrected chi connectivity index (χ2v) is 8.53. The maximum absolute atomic E-state index is 13.3. The summed E-state index contributed by atoms with van der Waals surface area (Å²) in [6.45, 7) is 3.76. The number of halogens is 2. The molecule has 2 aromatic heterocycles. The zero-order valence-electron chi connectivity index (χ0n) is 18.1. The number of aromatic carboxylic acids is 1. The first-order valence-electron chi connectivity index (χ1n) is 10.1. The van der Waals surface area contributed by atoms with E-state index < -0.39 is 12.0 Å². The van der Waals surface area contributed by atoms with Gasteiger partial charge in [-0.1, -0.05) is 41.4 Å². The Morgan fingerprint density at radius 2 is 1.85 bits per heavy atom. The van der Waals surface area contributed by atoms with Crippen LogP contribution < -0.4 is 10.9 Å². The fraction of sp³-hybridized carbons (Fsp3) is 0.167. The van der Waals surface area contributed by atoms with Gasteiger partial charge in [0.1, 0.15) is 11.0 Å². The van der Waals surface area contributed by atoms with Crippen LogP contribution in [-0.4, -0.2) is 25.6 Å². The lowest BCUT2D eigenvalue weighted by atomic mass is 10.0. The standard InChI is InChI=1S/C24H20Cl2N4O3/c1-12-10-15(13(2)27-18-8-9-19(26)28-21(18)24(32)33)20-16(11-12)23(31)30(3)22(29-20)14-6-4-5-7-17(14)25/h4-11,13,27H,1-3H3,(H,32,33)/t13-/m1/s1. The number of aromatic nitrogens is 3. The third kappa shape index (κ3) is 4.29. The van der Waals surface area contributed by atoms with Crippen LogP contribution >= 0.6 is 23.2 Å². The third-order valence-electron chi connectivity index (χ3n) is 5.37. The first-order chi connectivity index (χ1) is 15.7. The molecule has 0 aliphatic heterocycles. The predicted octanol–water partition coefficient (Wildman–Crippen LogP) is 5.48. The number of fused-ring (bicyclic) bond motifs is 1. The first-order valence-corrected chi connectivity index (χ1v) is 10.9. The summed E-state index contributed by atoms with van der Waals surface area (Å²) in [6, 6.07) is 13.6. The van der Waals surface area contributed by atoms with Crippen LogP contribution in [0.15, 0.2) is 53.3 Å². The Morgan fingerprint density at radius 1 is 1.12 bits per heavy atom. The molecule has 0 aliphatic carbocycles. The quantitative estimate of drug-likeness (QED) is 0.365. The number of nitrogens with one attached hydrogen (secondary N) is 1. The van der Waals surface area contributed by atoms with Gasteiger partial charge in [0, 0.05) is 18.2 Å². The van der Waals surface area contributed by atoms with Gasteiger partial charge in [-0.05, 0) is 49.7 Å². The number of anilines is 1. The van der Waals surface area contributed by atoms with E-state index in [1.165, 1.54) is 10.6 Å². The highest BCUT2D eigenvalue weighted by molar-refractivity contribution is 6.33. The number of carbonyl (C=O) groups is 1. The summed E-state index contributed by atoms with van der Waals surface area (Å²) in [5.74, 6) is -0.760. The highest BCUT2D eigenvalue weighted by atomic mass is 35.5. The molecule has 0 bridgehead atoms. The molecule has 2 aromatic carbocycles. The number of carboxylic acid groups (broad SMARTS) is 1. The number of carboxylic acids is 1. The topological polar surface area (TPSA) is 97.1 Å². The Morgan fingerprint density at radius 3 is 2.55 bits per heavy atom. The van der Waals surface area contributed by atoms with Gasteiger partial charge in [0.05, 0.1) is 27.7 Å². The fourth-order valence-electron chi connectivity index (χ4n) is 3.79. The van der Waals surface area contributed by atoms with Crippen LogP contribution in [0.1, 0.15) is 34.6 Å². The average molecular weight is 483 g/mol. The van der Waals surface area contributed by atoms with E-state index in [1.54, 1.807) is 25.2 Å². The summed E-state index contributed by atoms with van der Waals surface area (Å²) in [5.41, 5.74) is 2.69. The Kier molecular flexibility index (Phi) is 6.10. The summed E-state index contributed by atoms with van der Waals surface area (Å²) in [7, 11) is 1.66. The molecular formula is C24H20Cl2N4O3. The lowest BCUT2D eigenvalue weighted by Gasteiger charge is -2.20. The minimum absolute atomic E-state index is 0.0844. The van der Waals surface area contributed by atoms with Crippen LogP contribution in [0.25, 0.3) is 22.3 Å². The number of aryl methyl sites for hydroxylation is 1. The van der Waals surface area contributed by atoms with E-state index in [9.17, 15) is 14.7 Å². The molecular weight excluding hydrogens is 463 g/mol. The number of benzene rings is 2. The minimum Gasteiger partial charge on any atom is -0.476 e. The van der Waals surface area contributed by atoms with E-state index in [0.717, 1.165) is 11.1 Å². The zero-order valence-corrected chi connectivity index (χ0v) is 19.6. The van der Waals surface area contributed by atoms with Crippen LogP contribution in [0.2, 0.25) is 10.2 Å². The van der Waals surface area contributed by atoms with Crippen molar-refractivity contribution in [1.29, 1.82) is 0 Å². The molecule has 0 aliphatic rings. The molecule has 2 heterocycles.